The van der Waals surface area contributed by atoms with Gasteiger partial charge in [0.05, 0.1) is 19.8 Å². The molecule has 0 aromatic heterocycles. The number of methoxy groups -OCH3 is 2. The molecule has 1 saturated heterocycles. The summed E-state index contributed by atoms with van der Waals surface area (Å²) in [6, 6.07) is 14.4. The summed E-state index contributed by atoms with van der Waals surface area (Å²) < 4.78 is 11.7. The SMILES string of the molecule is COc1cc(I)cc(C(=O)NC2CCN(Cc3ccccc3)CC2)c1OC. The van der Waals surface area contributed by atoms with Gasteiger partial charge < -0.3 is 14.8 Å². The van der Waals surface area contributed by atoms with E-state index in [9.17, 15) is 4.79 Å². The van der Waals surface area contributed by atoms with Crippen LogP contribution in [0.5, 0.6) is 11.5 Å². The molecule has 1 fully saturated rings. The van der Waals surface area contributed by atoms with Gasteiger partial charge in [0, 0.05) is 29.2 Å². The minimum Gasteiger partial charge on any atom is -0.493 e. The maximum Gasteiger partial charge on any atom is 0.255 e. The van der Waals surface area contributed by atoms with Crippen molar-refractivity contribution in [2.75, 3.05) is 27.3 Å². The van der Waals surface area contributed by atoms with Crippen LogP contribution < -0.4 is 14.8 Å². The van der Waals surface area contributed by atoms with E-state index in [-0.39, 0.29) is 11.9 Å². The highest BCUT2D eigenvalue weighted by atomic mass is 127. The fourth-order valence-electron chi connectivity index (χ4n) is 3.44. The number of amides is 1. The van der Waals surface area contributed by atoms with Gasteiger partial charge in [0.1, 0.15) is 0 Å². The summed E-state index contributed by atoms with van der Waals surface area (Å²) in [6.07, 6.45) is 1.89. The lowest BCUT2D eigenvalue weighted by Crippen LogP contribution is -2.44. The molecule has 5 nitrogen and oxygen atoms in total. The normalized spacial score (nSPS) is 15.4. The van der Waals surface area contributed by atoms with Crippen LogP contribution in [0.2, 0.25) is 0 Å². The molecule has 3 rings (SSSR count). The van der Waals surface area contributed by atoms with Crippen LogP contribution in [0.25, 0.3) is 0 Å². The van der Waals surface area contributed by atoms with Crippen molar-refractivity contribution in [1.82, 2.24) is 10.2 Å². The fourth-order valence-corrected chi connectivity index (χ4v) is 4.03. The second-order valence-electron chi connectivity index (χ2n) is 6.70. The lowest BCUT2D eigenvalue weighted by atomic mass is 10.0. The quantitative estimate of drug-likeness (QED) is 0.641. The van der Waals surface area contributed by atoms with Gasteiger partial charge in [0.25, 0.3) is 5.91 Å². The summed E-state index contributed by atoms with van der Waals surface area (Å²) in [5.41, 5.74) is 1.85. The first-order valence-corrected chi connectivity index (χ1v) is 10.2. The topological polar surface area (TPSA) is 50.8 Å². The number of nitrogens with zero attached hydrogens (tertiary/aromatic N) is 1. The molecule has 27 heavy (non-hydrogen) atoms. The maximum atomic E-state index is 12.8. The molecule has 1 aliphatic rings. The average Bonchev–Trinajstić information content (AvgIpc) is 2.69. The first kappa shape index (κ1) is 19.9. The van der Waals surface area contributed by atoms with Crippen LogP contribution in [-0.4, -0.2) is 44.2 Å². The number of carbonyl (C=O) groups excluding carboxylic acids is 1. The van der Waals surface area contributed by atoms with Gasteiger partial charge in [-0.05, 0) is 53.1 Å². The number of rotatable bonds is 6. The van der Waals surface area contributed by atoms with Crippen LogP contribution >= 0.6 is 22.6 Å². The minimum atomic E-state index is -0.106. The predicted octanol–water partition coefficient (Wildman–Crippen LogP) is 3.70. The number of hydrogen-bond donors (Lipinski definition) is 1. The number of piperidine rings is 1. The molecule has 2 aromatic rings. The number of benzene rings is 2. The summed E-state index contributed by atoms with van der Waals surface area (Å²) in [4.78, 5) is 15.3. The van der Waals surface area contributed by atoms with Crippen molar-refractivity contribution in [2.24, 2.45) is 0 Å². The van der Waals surface area contributed by atoms with E-state index in [1.807, 2.05) is 18.2 Å². The van der Waals surface area contributed by atoms with Crippen LogP contribution in [-0.2, 0) is 6.54 Å². The molecule has 0 spiro atoms. The Hall–Kier alpha value is -1.80. The first-order valence-electron chi connectivity index (χ1n) is 9.09. The number of hydrogen-bond acceptors (Lipinski definition) is 4. The minimum absolute atomic E-state index is 0.106. The van der Waals surface area contributed by atoms with Crippen LogP contribution in [0.15, 0.2) is 42.5 Å². The molecule has 0 radical (unpaired) electrons. The highest BCUT2D eigenvalue weighted by molar-refractivity contribution is 14.1. The van der Waals surface area contributed by atoms with Gasteiger partial charge in [0.2, 0.25) is 0 Å². The van der Waals surface area contributed by atoms with Crippen LogP contribution in [0.1, 0.15) is 28.8 Å². The van der Waals surface area contributed by atoms with E-state index < -0.39 is 0 Å². The van der Waals surface area contributed by atoms with Gasteiger partial charge in [0.15, 0.2) is 11.5 Å². The number of carbonyl (C=O) groups is 1. The largest absolute Gasteiger partial charge is 0.493 e. The number of ether oxygens (including phenoxy) is 2. The molecule has 0 saturated carbocycles. The van der Waals surface area contributed by atoms with Crippen molar-refractivity contribution >= 4 is 28.5 Å². The van der Waals surface area contributed by atoms with Gasteiger partial charge in [-0.3, -0.25) is 9.69 Å². The van der Waals surface area contributed by atoms with E-state index >= 15 is 0 Å². The molecule has 1 aliphatic heterocycles. The smallest absolute Gasteiger partial charge is 0.255 e. The summed E-state index contributed by atoms with van der Waals surface area (Å²) in [5, 5.41) is 3.17. The van der Waals surface area contributed by atoms with E-state index in [1.54, 1.807) is 14.2 Å². The number of likely N-dealkylation sites (tertiary alicyclic amines) is 1. The Kier molecular flexibility index (Phi) is 6.95. The highest BCUT2D eigenvalue weighted by Crippen LogP contribution is 2.33. The first-order chi connectivity index (χ1) is 13.1. The van der Waals surface area contributed by atoms with Gasteiger partial charge >= 0.3 is 0 Å². The Balaban J connectivity index is 1.59. The van der Waals surface area contributed by atoms with Crippen molar-refractivity contribution in [3.05, 3.63) is 57.2 Å². The standard InChI is InChI=1S/C21H25IN2O3/c1-26-19-13-16(22)12-18(20(19)27-2)21(25)23-17-8-10-24(11-9-17)14-15-6-4-3-5-7-15/h3-7,12-13,17H,8-11,14H2,1-2H3,(H,23,25). The highest BCUT2D eigenvalue weighted by Gasteiger charge is 2.24. The Morgan fingerprint density at radius 3 is 2.48 bits per heavy atom. The Labute approximate surface area is 174 Å². The predicted molar refractivity (Wildman–Crippen MR) is 114 cm³/mol. The lowest BCUT2D eigenvalue weighted by Gasteiger charge is -2.32. The summed E-state index contributed by atoms with van der Waals surface area (Å²) in [5.74, 6) is 0.953. The summed E-state index contributed by atoms with van der Waals surface area (Å²) in [7, 11) is 3.14. The average molecular weight is 480 g/mol. The van der Waals surface area contributed by atoms with Crippen molar-refractivity contribution in [1.29, 1.82) is 0 Å². The zero-order valence-corrected chi connectivity index (χ0v) is 17.9. The molecule has 144 valence electrons. The Bertz CT molecular complexity index is 774. The van der Waals surface area contributed by atoms with Crippen molar-refractivity contribution in [3.8, 4) is 11.5 Å². The van der Waals surface area contributed by atoms with Crippen molar-refractivity contribution < 1.29 is 14.3 Å². The molecule has 1 amide bonds. The van der Waals surface area contributed by atoms with Crippen molar-refractivity contribution in [2.45, 2.75) is 25.4 Å². The fraction of sp³-hybridized carbons (Fsp3) is 0.381. The van der Waals surface area contributed by atoms with Gasteiger partial charge in [-0.25, -0.2) is 0 Å². The molecule has 1 heterocycles. The second-order valence-corrected chi connectivity index (χ2v) is 7.94. The molecular formula is C21H25IN2O3. The third-order valence-corrected chi connectivity index (χ3v) is 5.48. The van der Waals surface area contributed by atoms with E-state index in [0.717, 1.165) is 36.0 Å². The zero-order chi connectivity index (χ0) is 19.2. The van der Waals surface area contributed by atoms with Crippen LogP contribution in [0.4, 0.5) is 0 Å². The van der Waals surface area contributed by atoms with Crippen LogP contribution in [0, 0.1) is 3.57 Å². The molecule has 0 aliphatic carbocycles. The van der Waals surface area contributed by atoms with E-state index in [1.165, 1.54) is 5.56 Å². The molecule has 0 unspecified atom stereocenters. The molecule has 6 heteroatoms. The Morgan fingerprint density at radius 1 is 1.15 bits per heavy atom. The Morgan fingerprint density at radius 2 is 1.85 bits per heavy atom. The van der Waals surface area contributed by atoms with Gasteiger partial charge in [-0.1, -0.05) is 30.3 Å². The monoisotopic (exact) mass is 480 g/mol. The van der Waals surface area contributed by atoms with E-state index in [0.29, 0.717) is 17.1 Å². The van der Waals surface area contributed by atoms with Crippen molar-refractivity contribution in [3.63, 3.8) is 0 Å². The molecule has 1 N–H and O–H groups in total. The molecule has 0 atom stereocenters. The van der Waals surface area contributed by atoms with E-state index in [2.05, 4.69) is 57.1 Å². The number of halogens is 1. The van der Waals surface area contributed by atoms with Gasteiger partial charge in [-0.15, -0.1) is 0 Å². The third kappa shape index (κ3) is 5.13. The third-order valence-electron chi connectivity index (χ3n) is 4.86. The molecule has 0 bridgehead atoms. The summed E-state index contributed by atoms with van der Waals surface area (Å²) in [6.45, 7) is 2.92. The zero-order valence-electron chi connectivity index (χ0n) is 15.7. The maximum absolute atomic E-state index is 12.8. The lowest BCUT2D eigenvalue weighted by molar-refractivity contribution is 0.0905. The van der Waals surface area contributed by atoms with Crippen LogP contribution in [0.3, 0.4) is 0 Å². The molecule has 2 aromatic carbocycles. The van der Waals surface area contributed by atoms with E-state index in [4.69, 9.17) is 9.47 Å². The molecular weight excluding hydrogens is 455 g/mol. The summed E-state index contributed by atoms with van der Waals surface area (Å²) >= 11 is 2.18. The van der Waals surface area contributed by atoms with Gasteiger partial charge in [-0.2, -0.15) is 0 Å². The second kappa shape index (κ2) is 9.41. The number of nitrogens with one attached hydrogen (secondary N) is 1.